The number of carbonyl (C=O) groups excluding carboxylic acids is 2. The summed E-state index contributed by atoms with van der Waals surface area (Å²) in [5.41, 5.74) is 3.63. The van der Waals surface area contributed by atoms with Gasteiger partial charge in [-0.15, -0.1) is 0 Å². The molecule has 1 aliphatic heterocycles. The number of hydrogen-bond donors (Lipinski definition) is 0. The minimum absolute atomic E-state index is 0.0479. The first-order chi connectivity index (χ1) is 16.0. The van der Waals surface area contributed by atoms with Crippen LogP contribution in [0.4, 0.5) is 0 Å². The second-order valence-electron chi connectivity index (χ2n) is 7.98. The summed E-state index contributed by atoms with van der Waals surface area (Å²) in [6.07, 6.45) is 12.0. The van der Waals surface area contributed by atoms with Crippen LogP contribution in [-0.4, -0.2) is 35.6 Å². The highest BCUT2D eigenvalue weighted by molar-refractivity contribution is 5.99. The Kier molecular flexibility index (Phi) is 6.23. The van der Waals surface area contributed by atoms with E-state index in [1.807, 2.05) is 29.2 Å². The van der Waals surface area contributed by atoms with Gasteiger partial charge in [0.25, 0.3) is 5.91 Å². The van der Waals surface area contributed by atoms with Gasteiger partial charge in [-0.3, -0.25) is 9.59 Å². The Hall–Kier alpha value is -4.37. The van der Waals surface area contributed by atoms with E-state index in [1.54, 1.807) is 81.5 Å². The van der Waals surface area contributed by atoms with Gasteiger partial charge in [-0.2, -0.15) is 5.26 Å². The molecule has 1 amide bonds. The standard InChI is InChI=1S/C27H23N3O3/c1-29(2)27(32)21-11-9-20(10-12-21)26(30-13-15-33-16-14-30)23-7-4-8-24(31)25(23)22-6-3-5-19(17-22)18-28/h3-17,25-26H,1-2H3. The maximum atomic E-state index is 13.1. The van der Waals surface area contributed by atoms with Crippen molar-refractivity contribution in [1.29, 1.82) is 5.26 Å². The van der Waals surface area contributed by atoms with E-state index in [9.17, 15) is 14.9 Å². The van der Waals surface area contributed by atoms with Gasteiger partial charge in [0.15, 0.2) is 5.78 Å². The van der Waals surface area contributed by atoms with Crippen LogP contribution in [0.15, 0.2) is 97.3 Å². The van der Waals surface area contributed by atoms with Crippen molar-refractivity contribution in [2.45, 2.75) is 12.0 Å². The first-order valence-electron chi connectivity index (χ1n) is 10.5. The molecule has 2 unspecified atom stereocenters. The van der Waals surface area contributed by atoms with Crippen LogP contribution in [-0.2, 0) is 9.53 Å². The molecule has 6 heteroatoms. The Labute approximate surface area is 193 Å². The van der Waals surface area contributed by atoms with Crippen LogP contribution in [0.5, 0.6) is 0 Å². The fraction of sp³-hybridized carbons (Fsp3) is 0.148. The number of hydrogen-bond acceptors (Lipinski definition) is 5. The predicted octanol–water partition coefficient (Wildman–Crippen LogP) is 4.42. The number of amides is 1. The molecule has 2 atom stereocenters. The zero-order valence-electron chi connectivity index (χ0n) is 18.4. The maximum Gasteiger partial charge on any atom is 0.253 e. The molecule has 0 bridgehead atoms. The van der Waals surface area contributed by atoms with Gasteiger partial charge in [-0.1, -0.05) is 36.4 Å². The summed E-state index contributed by atoms with van der Waals surface area (Å²) in [4.78, 5) is 29.0. The molecule has 4 rings (SSSR count). The molecule has 0 spiro atoms. The van der Waals surface area contributed by atoms with Crippen LogP contribution in [0, 0.1) is 11.3 Å². The van der Waals surface area contributed by atoms with Crippen molar-refractivity contribution in [3.8, 4) is 6.07 Å². The molecule has 0 saturated heterocycles. The largest absolute Gasteiger partial charge is 0.470 e. The lowest BCUT2D eigenvalue weighted by atomic mass is 9.78. The van der Waals surface area contributed by atoms with E-state index in [0.29, 0.717) is 11.1 Å². The highest BCUT2D eigenvalue weighted by Gasteiger charge is 2.33. The van der Waals surface area contributed by atoms with E-state index in [-0.39, 0.29) is 17.7 Å². The van der Waals surface area contributed by atoms with E-state index in [0.717, 1.165) is 16.7 Å². The molecule has 6 nitrogen and oxygen atoms in total. The van der Waals surface area contributed by atoms with Crippen LogP contribution >= 0.6 is 0 Å². The molecule has 0 aromatic heterocycles. The smallest absolute Gasteiger partial charge is 0.253 e. The summed E-state index contributed by atoms with van der Waals surface area (Å²) in [5, 5.41) is 9.36. The third-order valence-electron chi connectivity index (χ3n) is 5.63. The van der Waals surface area contributed by atoms with Gasteiger partial charge in [0.2, 0.25) is 0 Å². The van der Waals surface area contributed by atoms with Crippen molar-refractivity contribution >= 4 is 11.7 Å². The third kappa shape index (κ3) is 4.48. The molecule has 0 radical (unpaired) electrons. The van der Waals surface area contributed by atoms with Gasteiger partial charge in [-0.05, 0) is 47.0 Å². The number of benzene rings is 2. The van der Waals surface area contributed by atoms with Gasteiger partial charge in [-0.25, -0.2) is 0 Å². The van der Waals surface area contributed by atoms with Gasteiger partial charge in [0.05, 0.1) is 23.6 Å². The minimum atomic E-state index is -0.541. The SMILES string of the molecule is CN(C)C(=O)c1ccc(C(C2=CC=CC(=O)C2c2cccc(C#N)c2)N2C=COC=C2)cc1. The number of ketones is 1. The first kappa shape index (κ1) is 21.8. The van der Waals surface area contributed by atoms with Crippen LogP contribution in [0.2, 0.25) is 0 Å². The zero-order chi connectivity index (χ0) is 23.4. The highest BCUT2D eigenvalue weighted by atomic mass is 16.5. The Bertz CT molecular complexity index is 1220. The van der Waals surface area contributed by atoms with E-state index < -0.39 is 5.92 Å². The topological polar surface area (TPSA) is 73.6 Å². The van der Waals surface area contributed by atoms with Gasteiger partial charge in [0.1, 0.15) is 12.5 Å². The molecule has 33 heavy (non-hydrogen) atoms. The predicted molar refractivity (Wildman–Crippen MR) is 125 cm³/mol. The molecule has 2 aromatic carbocycles. The third-order valence-corrected chi connectivity index (χ3v) is 5.63. The van der Waals surface area contributed by atoms with E-state index in [2.05, 4.69) is 6.07 Å². The van der Waals surface area contributed by atoms with Crippen LogP contribution in [0.25, 0.3) is 0 Å². The average Bonchev–Trinajstić information content (AvgIpc) is 2.85. The number of ether oxygens (including phenoxy) is 1. The molecule has 0 fully saturated rings. The maximum absolute atomic E-state index is 13.1. The van der Waals surface area contributed by atoms with Crippen LogP contribution in [0.1, 0.15) is 39.0 Å². The Morgan fingerprint density at radius 1 is 1.12 bits per heavy atom. The first-order valence-corrected chi connectivity index (χ1v) is 10.5. The normalized spacial score (nSPS) is 17.7. The summed E-state index contributed by atoms with van der Waals surface area (Å²) in [6, 6.07) is 16.4. The summed E-state index contributed by atoms with van der Waals surface area (Å²) in [5.74, 6) is -0.667. The van der Waals surface area contributed by atoms with Gasteiger partial charge in [0, 0.05) is 32.1 Å². The second-order valence-corrected chi connectivity index (χ2v) is 7.98. The fourth-order valence-corrected chi connectivity index (χ4v) is 4.09. The molecule has 0 N–H and O–H groups in total. The number of nitriles is 1. The van der Waals surface area contributed by atoms with E-state index in [4.69, 9.17) is 4.74 Å². The Balaban J connectivity index is 1.81. The van der Waals surface area contributed by atoms with Crippen molar-refractivity contribution in [3.63, 3.8) is 0 Å². The molecule has 1 heterocycles. The molecule has 0 saturated carbocycles. The summed E-state index contributed by atoms with van der Waals surface area (Å²) in [6.45, 7) is 0. The lowest BCUT2D eigenvalue weighted by Gasteiger charge is -2.35. The Morgan fingerprint density at radius 3 is 2.52 bits per heavy atom. The molecule has 1 aliphatic carbocycles. The number of rotatable bonds is 5. The summed E-state index contributed by atoms with van der Waals surface area (Å²) in [7, 11) is 3.43. The lowest BCUT2D eigenvalue weighted by molar-refractivity contribution is -0.115. The van der Waals surface area contributed by atoms with Crippen LogP contribution < -0.4 is 0 Å². The van der Waals surface area contributed by atoms with E-state index >= 15 is 0 Å². The highest BCUT2D eigenvalue weighted by Crippen LogP contribution is 2.41. The van der Waals surface area contributed by atoms with Crippen molar-refractivity contribution < 1.29 is 14.3 Å². The monoisotopic (exact) mass is 437 g/mol. The number of nitrogens with zero attached hydrogens (tertiary/aromatic N) is 3. The summed E-state index contributed by atoms with van der Waals surface area (Å²) < 4.78 is 5.22. The zero-order valence-corrected chi connectivity index (χ0v) is 18.4. The molecular weight excluding hydrogens is 414 g/mol. The lowest BCUT2D eigenvalue weighted by Crippen LogP contribution is -2.28. The quantitative estimate of drug-likeness (QED) is 0.692. The average molecular weight is 437 g/mol. The van der Waals surface area contributed by atoms with Crippen molar-refractivity contribution in [1.82, 2.24) is 9.80 Å². The molecular formula is C27H23N3O3. The van der Waals surface area contributed by atoms with Crippen LogP contribution in [0.3, 0.4) is 0 Å². The number of allylic oxidation sites excluding steroid dienone is 3. The van der Waals surface area contributed by atoms with Gasteiger partial charge >= 0.3 is 0 Å². The summed E-state index contributed by atoms with van der Waals surface area (Å²) >= 11 is 0. The van der Waals surface area contributed by atoms with Gasteiger partial charge < -0.3 is 14.5 Å². The number of carbonyl (C=O) groups is 2. The molecule has 2 aromatic rings. The minimum Gasteiger partial charge on any atom is -0.470 e. The van der Waals surface area contributed by atoms with Crippen molar-refractivity contribution in [3.05, 3.63) is 120 Å². The van der Waals surface area contributed by atoms with Crippen molar-refractivity contribution in [2.75, 3.05) is 14.1 Å². The molecule has 164 valence electrons. The Morgan fingerprint density at radius 2 is 1.85 bits per heavy atom. The fourth-order valence-electron chi connectivity index (χ4n) is 4.09. The van der Waals surface area contributed by atoms with Crippen molar-refractivity contribution in [2.24, 2.45) is 0 Å². The second kappa shape index (κ2) is 9.41. The molecule has 2 aliphatic rings. The van der Waals surface area contributed by atoms with E-state index in [1.165, 1.54) is 4.90 Å².